The van der Waals surface area contributed by atoms with Crippen LogP contribution in [0.5, 0.6) is 0 Å². The Morgan fingerprint density at radius 2 is 2.25 bits per heavy atom. The number of rotatable bonds is 2. The van der Waals surface area contributed by atoms with E-state index in [4.69, 9.17) is 11.6 Å². The Labute approximate surface area is 86.4 Å². The second-order valence-corrected chi connectivity index (χ2v) is 3.77. The molecule has 0 aliphatic carbocycles. The smallest absolute Gasteiger partial charge is 0.0412 e. The van der Waals surface area contributed by atoms with E-state index in [9.17, 15) is 0 Å². The minimum Gasteiger partial charge on any atom is -0.0843 e. The highest BCUT2D eigenvalue weighted by atomic mass is 79.9. The second-order valence-electron chi connectivity index (χ2n) is 2.48. The summed E-state index contributed by atoms with van der Waals surface area (Å²) in [5, 5.41) is 0.772. The van der Waals surface area contributed by atoms with Gasteiger partial charge in [-0.05, 0) is 30.2 Å². The first kappa shape index (κ1) is 9.82. The third-order valence-electron chi connectivity index (χ3n) is 1.49. The average Bonchev–Trinajstić information content (AvgIpc) is 2.07. The zero-order valence-electron chi connectivity index (χ0n) is 6.85. The first-order chi connectivity index (χ1) is 5.74. The van der Waals surface area contributed by atoms with Crippen LogP contribution in [0.1, 0.15) is 18.9 Å². The van der Waals surface area contributed by atoms with E-state index in [1.807, 2.05) is 18.2 Å². The van der Waals surface area contributed by atoms with Crippen molar-refractivity contribution in [3.05, 3.63) is 39.3 Å². The van der Waals surface area contributed by atoms with Crippen LogP contribution >= 0.6 is 27.5 Å². The number of allylic oxidation sites excluding steroid dienone is 1. The van der Waals surface area contributed by atoms with Crippen molar-refractivity contribution in [1.82, 2.24) is 0 Å². The Hall–Kier alpha value is -0.270. The van der Waals surface area contributed by atoms with Crippen LogP contribution in [-0.4, -0.2) is 0 Å². The van der Waals surface area contributed by atoms with Crippen LogP contribution in [0.2, 0.25) is 5.02 Å². The molecule has 0 fully saturated rings. The molecule has 0 nitrogen and oxygen atoms in total. The van der Waals surface area contributed by atoms with Crippen molar-refractivity contribution in [1.29, 1.82) is 0 Å². The number of hydrogen-bond donors (Lipinski definition) is 0. The van der Waals surface area contributed by atoms with Crippen molar-refractivity contribution in [2.75, 3.05) is 0 Å². The van der Waals surface area contributed by atoms with Crippen molar-refractivity contribution in [2.24, 2.45) is 0 Å². The third kappa shape index (κ3) is 2.65. The minimum absolute atomic E-state index is 0.772. The van der Waals surface area contributed by atoms with Gasteiger partial charge in [-0.25, -0.2) is 0 Å². The third-order valence-corrected chi connectivity index (χ3v) is 2.45. The SMILES string of the molecule is CCC=Cc1cc(Cl)ccc1Br. The van der Waals surface area contributed by atoms with E-state index in [-0.39, 0.29) is 0 Å². The van der Waals surface area contributed by atoms with Gasteiger partial charge in [0.15, 0.2) is 0 Å². The Morgan fingerprint density at radius 3 is 2.92 bits per heavy atom. The summed E-state index contributed by atoms with van der Waals surface area (Å²) in [7, 11) is 0. The largest absolute Gasteiger partial charge is 0.0843 e. The lowest BCUT2D eigenvalue weighted by molar-refractivity contribution is 1.23. The van der Waals surface area contributed by atoms with Gasteiger partial charge in [-0.15, -0.1) is 0 Å². The van der Waals surface area contributed by atoms with Gasteiger partial charge >= 0.3 is 0 Å². The van der Waals surface area contributed by atoms with Crippen LogP contribution in [0.25, 0.3) is 6.08 Å². The quantitative estimate of drug-likeness (QED) is 0.718. The Balaban J connectivity index is 2.97. The molecule has 64 valence electrons. The molecule has 0 N–H and O–H groups in total. The van der Waals surface area contributed by atoms with Gasteiger partial charge in [0.1, 0.15) is 0 Å². The van der Waals surface area contributed by atoms with Crippen molar-refractivity contribution in [2.45, 2.75) is 13.3 Å². The molecule has 0 saturated heterocycles. The maximum atomic E-state index is 5.84. The summed E-state index contributed by atoms with van der Waals surface area (Å²) in [6.07, 6.45) is 5.21. The Bertz CT molecular complexity index is 292. The van der Waals surface area contributed by atoms with E-state index in [1.165, 1.54) is 0 Å². The predicted octanol–water partition coefficient (Wildman–Crippen LogP) is 4.53. The fourth-order valence-corrected chi connectivity index (χ4v) is 1.45. The zero-order chi connectivity index (χ0) is 8.97. The molecule has 0 aliphatic heterocycles. The van der Waals surface area contributed by atoms with Crippen LogP contribution < -0.4 is 0 Å². The van der Waals surface area contributed by atoms with Gasteiger partial charge in [0, 0.05) is 9.50 Å². The summed E-state index contributed by atoms with van der Waals surface area (Å²) in [6, 6.07) is 5.77. The fraction of sp³-hybridized carbons (Fsp3) is 0.200. The number of hydrogen-bond acceptors (Lipinski definition) is 0. The topological polar surface area (TPSA) is 0 Å². The van der Waals surface area contributed by atoms with E-state index >= 15 is 0 Å². The molecule has 0 unspecified atom stereocenters. The maximum Gasteiger partial charge on any atom is 0.0412 e. The molecule has 1 aromatic rings. The molecular formula is C10H10BrCl. The van der Waals surface area contributed by atoms with Crippen LogP contribution in [0, 0.1) is 0 Å². The Morgan fingerprint density at radius 1 is 1.50 bits per heavy atom. The first-order valence-electron chi connectivity index (χ1n) is 3.85. The molecule has 1 rings (SSSR count). The minimum atomic E-state index is 0.772. The van der Waals surface area contributed by atoms with Crippen molar-refractivity contribution >= 4 is 33.6 Å². The lowest BCUT2D eigenvalue weighted by Crippen LogP contribution is -1.74. The molecule has 0 saturated carbocycles. The van der Waals surface area contributed by atoms with Gasteiger partial charge < -0.3 is 0 Å². The molecule has 0 spiro atoms. The van der Waals surface area contributed by atoms with Crippen LogP contribution in [-0.2, 0) is 0 Å². The molecular weight excluding hydrogens is 235 g/mol. The number of benzene rings is 1. The van der Waals surface area contributed by atoms with Gasteiger partial charge in [0.05, 0.1) is 0 Å². The molecule has 2 heteroatoms. The van der Waals surface area contributed by atoms with Crippen LogP contribution in [0.15, 0.2) is 28.7 Å². The van der Waals surface area contributed by atoms with Crippen LogP contribution in [0.4, 0.5) is 0 Å². The monoisotopic (exact) mass is 244 g/mol. The average molecular weight is 246 g/mol. The standard InChI is InChI=1S/C10H10BrCl/c1-2-3-4-8-7-9(12)5-6-10(8)11/h3-7H,2H2,1H3. The van der Waals surface area contributed by atoms with Crippen molar-refractivity contribution < 1.29 is 0 Å². The second kappa shape index (κ2) is 4.68. The summed E-state index contributed by atoms with van der Waals surface area (Å²) >= 11 is 9.29. The van der Waals surface area contributed by atoms with E-state index in [0.717, 1.165) is 21.5 Å². The summed E-state index contributed by atoms with van der Waals surface area (Å²) in [5.41, 5.74) is 1.13. The molecule has 1 aromatic carbocycles. The van der Waals surface area contributed by atoms with E-state index in [2.05, 4.69) is 35.0 Å². The molecule has 12 heavy (non-hydrogen) atoms. The van der Waals surface area contributed by atoms with Gasteiger partial charge in [-0.2, -0.15) is 0 Å². The highest BCUT2D eigenvalue weighted by Crippen LogP contribution is 2.22. The van der Waals surface area contributed by atoms with E-state index in [0.29, 0.717) is 0 Å². The number of halogens is 2. The predicted molar refractivity (Wildman–Crippen MR) is 58.5 cm³/mol. The molecule has 0 aromatic heterocycles. The Kier molecular flexibility index (Phi) is 3.83. The zero-order valence-corrected chi connectivity index (χ0v) is 9.19. The fourth-order valence-electron chi connectivity index (χ4n) is 0.887. The molecule has 0 radical (unpaired) electrons. The van der Waals surface area contributed by atoms with Gasteiger partial charge in [-0.1, -0.05) is 46.6 Å². The highest BCUT2D eigenvalue weighted by molar-refractivity contribution is 9.10. The lowest BCUT2D eigenvalue weighted by atomic mass is 10.2. The molecule has 0 heterocycles. The lowest BCUT2D eigenvalue weighted by Gasteiger charge is -1.98. The molecule has 0 amide bonds. The first-order valence-corrected chi connectivity index (χ1v) is 5.02. The summed E-state index contributed by atoms with van der Waals surface area (Å²) in [6.45, 7) is 2.11. The highest BCUT2D eigenvalue weighted by Gasteiger charge is 1.95. The summed E-state index contributed by atoms with van der Waals surface area (Å²) < 4.78 is 1.08. The maximum absolute atomic E-state index is 5.84. The van der Waals surface area contributed by atoms with Gasteiger partial charge in [-0.3, -0.25) is 0 Å². The summed E-state index contributed by atoms with van der Waals surface area (Å²) in [4.78, 5) is 0. The van der Waals surface area contributed by atoms with E-state index in [1.54, 1.807) is 0 Å². The van der Waals surface area contributed by atoms with E-state index < -0.39 is 0 Å². The van der Waals surface area contributed by atoms with Crippen molar-refractivity contribution in [3.63, 3.8) is 0 Å². The molecule has 0 atom stereocenters. The summed E-state index contributed by atoms with van der Waals surface area (Å²) in [5.74, 6) is 0. The van der Waals surface area contributed by atoms with Crippen LogP contribution in [0.3, 0.4) is 0 Å². The molecule has 0 aliphatic rings. The van der Waals surface area contributed by atoms with Crippen molar-refractivity contribution in [3.8, 4) is 0 Å². The normalized spacial score (nSPS) is 10.9. The van der Waals surface area contributed by atoms with Gasteiger partial charge in [0.25, 0.3) is 0 Å². The molecule has 0 bridgehead atoms. The van der Waals surface area contributed by atoms with Gasteiger partial charge in [0.2, 0.25) is 0 Å².